The highest BCUT2D eigenvalue weighted by Crippen LogP contribution is 2.22. The van der Waals surface area contributed by atoms with E-state index >= 15 is 0 Å². The number of hydrogen-bond donors (Lipinski definition) is 1. The van der Waals surface area contributed by atoms with Crippen LogP contribution in [0.25, 0.3) is 6.08 Å². The minimum Gasteiger partial charge on any atom is -0.490 e. The van der Waals surface area contributed by atoms with Crippen LogP contribution in [0.2, 0.25) is 0 Å². The van der Waals surface area contributed by atoms with Crippen LogP contribution in [0.3, 0.4) is 0 Å². The Morgan fingerprint density at radius 1 is 1.21 bits per heavy atom. The Morgan fingerprint density at radius 3 is 2.50 bits per heavy atom. The van der Waals surface area contributed by atoms with E-state index in [2.05, 4.69) is 5.32 Å². The first-order chi connectivity index (χ1) is 11.5. The summed E-state index contributed by atoms with van der Waals surface area (Å²) in [6.45, 7) is 3.79. The number of ether oxygens (including phenoxy) is 1. The van der Waals surface area contributed by atoms with Gasteiger partial charge in [0.2, 0.25) is 0 Å². The third-order valence-electron chi connectivity index (χ3n) is 3.05. The van der Waals surface area contributed by atoms with Gasteiger partial charge in [-0.1, -0.05) is 18.2 Å². The van der Waals surface area contributed by atoms with E-state index in [9.17, 15) is 14.4 Å². The summed E-state index contributed by atoms with van der Waals surface area (Å²) in [5, 5.41) is 11.8. The highest BCUT2D eigenvalue weighted by molar-refractivity contribution is 6.09. The molecule has 0 heterocycles. The molecule has 2 aromatic carbocycles. The number of carbonyl (C=O) groups excluding carboxylic acids is 1. The van der Waals surface area contributed by atoms with Gasteiger partial charge >= 0.3 is 0 Å². The largest absolute Gasteiger partial charge is 0.490 e. The first-order valence-electron chi connectivity index (χ1n) is 7.44. The molecule has 5 heteroatoms. The van der Waals surface area contributed by atoms with Crippen molar-refractivity contribution in [1.29, 1.82) is 5.26 Å². The van der Waals surface area contributed by atoms with E-state index in [0.717, 1.165) is 0 Å². The summed E-state index contributed by atoms with van der Waals surface area (Å²) < 4.78 is 18.6. The summed E-state index contributed by atoms with van der Waals surface area (Å²) in [5.74, 6) is -0.373. The van der Waals surface area contributed by atoms with Crippen molar-refractivity contribution in [3.63, 3.8) is 0 Å². The molecule has 4 nitrogen and oxygen atoms in total. The van der Waals surface area contributed by atoms with Gasteiger partial charge in [-0.05, 0) is 50.3 Å². The second-order valence-electron chi connectivity index (χ2n) is 5.34. The summed E-state index contributed by atoms with van der Waals surface area (Å²) in [5.41, 5.74) is 0.977. The van der Waals surface area contributed by atoms with Crippen LogP contribution in [-0.2, 0) is 4.79 Å². The van der Waals surface area contributed by atoms with Crippen molar-refractivity contribution in [2.45, 2.75) is 20.0 Å². The van der Waals surface area contributed by atoms with Gasteiger partial charge in [0.05, 0.1) is 6.10 Å². The number of nitrogens with zero attached hydrogens (tertiary/aromatic N) is 1. The highest BCUT2D eigenvalue weighted by atomic mass is 19.1. The van der Waals surface area contributed by atoms with Gasteiger partial charge in [-0.3, -0.25) is 4.79 Å². The van der Waals surface area contributed by atoms with E-state index in [4.69, 9.17) is 4.74 Å². The summed E-state index contributed by atoms with van der Waals surface area (Å²) in [7, 11) is 0. The molecule has 0 aliphatic rings. The number of nitriles is 1. The number of halogens is 1. The third kappa shape index (κ3) is 4.68. The summed E-state index contributed by atoms with van der Waals surface area (Å²) in [6, 6.07) is 14.4. The van der Waals surface area contributed by atoms with Crippen LogP contribution in [0.1, 0.15) is 19.4 Å². The monoisotopic (exact) mass is 324 g/mol. The second-order valence-corrected chi connectivity index (χ2v) is 5.34. The van der Waals surface area contributed by atoms with E-state index in [1.54, 1.807) is 18.2 Å². The van der Waals surface area contributed by atoms with E-state index in [-0.39, 0.29) is 11.7 Å². The molecule has 1 N–H and O–H groups in total. The minimum atomic E-state index is -0.566. The lowest BCUT2D eigenvalue weighted by Gasteiger charge is -2.12. The van der Waals surface area contributed by atoms with Gasteiger partial charge in [0.1, 0.15) is 23.2 Å². The Labute approximate surface area is 140 Å². The predicted octanol–water partition coefficient (Wildman–Crippen LogP) is 4.16. The van der Waals surface area contributed by atoms with Crippen molar-refractivity contribution in [3.8, 4) is 11.8 Å². The van der Waals surface area contributed by atoms with Crippen molar-refractivity contribution in [2.24, 2.45) is 0 Å². The molecule has 0 saturated carbocycles. The number of amides is 1. The van der Waals surface area contributed by atoms with Gasteiger partial charge in [0.15, 0.2) is 0 Å². The molecule has 2 aromatic rings. The fourth-order valence-electron chi connectivity index (χ4n) is 2.00. The quantitative estimate of drug-likeness (QED) is 0.663. The number of benzene rings is 2. The molecule has 0 atom stereocenters. The molecule has 1 amide bonds. The summed E-state index contributed by atoms with van der Waals surface area (Å²) in [4.78, 5) is 12.2. The maximum atomic E-state index is 12.9. The maximum absolute atomic E-state index is 12.9. The van der Waals surface area contributed by atoms with E-state index in [1.165, 1.54) is 30.3 Å². The van der Waals surface area contributed by atoms with Gasteiger partial charge in [-0.25, -0.2) is 4.39 Å². The van der Waals surface area contributed by atoms with Gasteiger partial charge in [0, 0.05) is 11.3 Å². The van der Waals surface area contributed by atoms with Gasteiger partial charge in [-0.15, -0.1) is 0 Å². The van der Waals surface area contributed by atoms with Crippen LogP contribution >= 0.6 is 0 Å². The number of carbonyl (C=O) groups is 1. The molecular formula is C19H17FN2O2. The lowest BCUT2D eigenvalue weighted by Crippen LogP contribution is -2.13. The molecule has 0 aliphatic carbocycles. The van der Waals surface area contributed by atoms with Crippen LogP contribution in [0.15, 0.2) is 54.1 Å². The molecule has 0 aromatic heterocycles. The van der Waals surface area contributed by atoms with E-state index < -0.39 is 11.7 Å². The number of para-hydroxylation sites is 1. The van der Waals surface area contributed by atoms with Crippen molar-refractivity contribution >= 4 is 17.7 Å². The molecule has 122 valence electrons. The average molecular weight is 324 g/mol. The number of anilines is 1. The second kappa shape index (κ2) is 7.93. The molecule has 24 heavy (non-hydrogen) atoms. The van der Waals surface area contributed by atoms with Crippen molar-refractivity contribution in [2.75, 3.05) is 5.32 Å². The van der Waals surface area contributed by atoms with Crippen LogP contribution < -0.4 is 10.1 Å². The molecule has 0 saturated heterocycles. The Bertz CT molecular complexity index is 790. The number of hydrogen-bond acceptors (Lipinski definition) is 3. The number of rotatable bonds is 5. The predicted molar refractivity (Wildman–Crippen MR) is 90.8 cm³/mol. The molecule has 0 spiro atoms. The topological polar surface area (TPSA) is 62.1 Å². The zero-order valence-electron chi connectivity index (χ0n) is 13.4. The van der Waals surface area contributed by atoms with Gasteiger partial charge in [-0.2, -0.15) is 5.26 Å². The summed E-state index contributed by atoms with van der Waals surface area (Å²) >= 11 is 0. The van der Waals surface area contributed by atoms with Gasteiger partial charge in [0.25, 0.3) is 5.91 Å². The highest BCUT2D eigenvalue weighted by Gasteiger charge is 2.11. The van der Waals surface area contributed by atoms with E-state index in [0.29, 0.717) is 17.0 Å². The van der Waals surface area contributed by atoms with Crippen LogP contribution in [0, 0.1) is 17.1 Å². The van der Waals surface area contributed by atoms with Crippen LogP contribution in [-0.4, -0.2) is 12.0 Å². The Morgan fingerprint density at radius 2 is 1.88 bits per heavy atom. The lowest BCUT2D eigenvalue weighted by atomic mass is 10.1. The minimum absolute atomic E-state index is 0.0295. The standard InChI is InChI=1S/C19H17FN2O2/c1-13(2)24-18-6-4-3-5-14(18)11-15(12-21)19(23)22-17-9-7-16(20)8-10-17/h3-11,13H,1-2H3,(H,22,23)/b15-11+. The fourth-order valence-corrected chi connectivity index (χ4v) is 2.00. The van der Waals surface area contributed by atoms with Crippen LogP contribution in [0.5, 0.6) is 5.75 Å². The molecule has 0 radical (unpaired) electrons. The Kier molecular flexibility index (Phi) is 5.69. The zero-order chi connectivity index (χ0) is 17.5. The lowest BCUT2D eigenvalue weighted by molar-refractivity contribution is -0.112. The van der Waals surface area contributed by atoms with Crippen molar-refractivity contribution < 1.29 is 13.9 Å². The third-order valence-corrected chi connectivity index (χ3v) is 3.05. The molecule has 0 unspecified atom stereocenters. The van der Waals surface area contributed by atoms with Crippen molar-refractivity contribution in [1.82, 2.24) is 0 Å². The maximum Gasteiger partial charge on any atom is 0.266 e. The first kappa shape index (κ1) is 17.2. The number of nitrogens with one attached hydrogen (secondary N) is 1. The van der Waals surface area contributed by atoms with E-state index in [1.807, 2.05) is 26.0 Å². The van der Waals surface area contributed by atoms with Crippen LogP contribution in [0.4, 0.5) is 10.1 Å². The SMILES string of the molecule is CC(C)Oc1ccccc1/C=C(\C#N)C(=O)Nc1ccc(F)cc1. The molecule has 0 bridgehead atoms. The normalized spacial score (nSPS) is 11.0. The average Bonchev–Trinajstić information content (AvgIpc) is 2.55. The fraction of sp³-hybridized carbons (Fsp3) is 0.158. The zero-order valence-corrected chi connectivity index (χ0v) is 13.4. The molecule has 2 rings (SSSR count). The smallest absolute Gasteiger partial charge is 0.266 e. The van der Waals surface area contributed by atoms with Gasteiger partial charge < -0.3 is 10.1 Å². The Balaban J connectivity index is 2.24. The molecular weight excluding hydrogens is 307 g/mol. The Hall–Kier alpha value is -3.13. The van der Waals surface area contributed by atoms with Crippen molar-refractivity contribution in [3.05, 3.63) is 65.5 Å². The summed E-state index contributed by atoms with van der Waals surface area (Å²) in [6.07, 6.45) is 1.44. The molecule has 0 fully saturated rings. The molecule has 0 aliphatic heterocycles. The first-order valence-corrected chi connectivity index (χ1v) is 7.44.